The zero-order valence-electron chi connectivity index (χ0n) is 9.76. The van der Waals surface area contributed by atoms with Gasteiger partial charge in [0.1, 0.15) is 16.9 Å². The molecule has 0 aliphatic heterocycles. The van der Waals surface area contributed by atoms with E-state index < -0.39 is 0 Å². The molecule has 0 saturated carbocycles. The molecule has 0 aliphatic carbocycles. The van der Waals surface area contributed by atoms with E-state index in [9.17, 15) is 9.59 Å². The first-order valence-electron chi connectivity index (χ1n) is 5.16. The van der Waals surface area contributed by atoms with Crippen molar-refractivity contribution in [1.82, 2.24) is 0 Å². The minimum absolute atomic E-state index is 0.0948. The predicted octanol–water partition coefficient (Wildman–Crippen LogP) is 3.27. The minimum Gasteiger partial charge on any atom is -0.460 e. The Morgan fingerprint density at radius 2 is 1.94 bits per heavy atom. The maximum Gasteiger partial charge on any atom is 0.203 e. The van der Waals surface area contributed by atoms with Gasteiger partial charge in [-0.15, -0.1) is 0 Å². The van der Waals surface area contributed by atoms with Gasteiger partial charge in [-0.3, -0.25) is 9.59 Å². The average Bonchev–Trinajstić information content (AvgIpc) is 2.21. The summed E-state index contributed by atoms with van der Waals surface area (Å²) in [5.41, 5.74) is 1.06. The van der Waals surface area contributed by atoms with Crippen LogP contribution in [0.4, 0.5) is 0 Å². The molecule has 2 rings (SSSR count). The third-order valence-corrected chi connectivity index (χ3v) is 3.11. The fourth-order valence-electron chi connectivity index (χ4n) is 1.84. The normalized spacial score (nSPS) is 10.8. The SMILES string of the molecule is CC(=O)c1c(C)oc2cc(C)c(Cl)cc2c1=O. The molecule has 0 saturated heterocycles. The largest absolute Gasteiger partial charge is 0.460 e. The van der Waals surface area contributed by atoms with Crippen LogP contribution in [-0.4, -0.2) is 5.78 Å². The smallest absolute Gasteiger partial charge is 0.203 e. The van der Waals surface area contributed by atoms with Crippen molar-refractivity contribution in [3.05, 3.63) is 44.3 Å². The summed E-state index contributed by atoms with van der Waals surface area (Å²) in [6.07, 6.45) is 0. The van der Waals surface area contributed by atoms with E-state index in [1.54, 1.807) is 19.1 Å². The number of carbonyl (C=O) groups is 1. The molecule has 17 heavy (non-hydrogen) atoms. The Morgan fingerprint density at radius 1 is 1.29 bits per heavy atom. The van der Waals surface area contributed by atoms with Gasteiger partial charge in [0.25, 0.3) is 0 Å². The number of Topliss-reactive ketones (excluding diaryl/α,β-unsaturated/α-hetero) is 1. The lowest BCUT2D eigenvalue weighted by Crippen LogP contribution is -2.15. The summed E-state index contributed by atoms with van der Waals surface area (Å²) in [5.74, 6) is 0.0477. The molecule has 0 radical (unpaired) electrons. The van der Waals surface area contributed by atoms with Crippen molar-refractivity contribution in [3.8, 4) is 0 Å². The van der Waals surface area contributed by atoms with Crippen LogP contribution < -0.4 is 5.43 Å². The molecule has 0 amide bonds. The molecule has 1 aromatic heterocycles. The number of halogens is 1. The molecule has 0 N–H and O–H groups in total. The van der Waals surface area contributed by atoms with Gasteiger partial charge >= 0.3 is 0 Å². The summed E-state index contributed by atoms with van der Waals surface area (Å²) >= 11 is 5.97. The topological polar surface area (TPSA) is 47.3 Å². The van der Waals surface area contributed by atoms with Crippen molar-refractivity contribution in [2.45, 2.75) is 20.8 Å². The average molecular weight is 251 g/mol. The van der Waals surface area contributed by atoms with Gasteiger partial charge in [-0.05, 0) is 38.5 Å². The Hall–Kier alpha value is -1.61. The highest BCUT2D eigenvalue weighted by molar-refractivity contribution is 6.32. The Bertz CT molecular complexity index is 683. The number of carbonyl (C=O) groups excluding carboxylic acids is 1. The van der Waals surface area contributed by atoms with Gasteiger partial charge in [0, 0.05) is 5.02 Å². The van der Waals surface area contributed by atoms with Gasteiger partial charge in [-0.2, -0.15) is 0 Å². The van der Waals surface area contributed by atoms with E-state index in [2.05, 4.69) is 0 Å². The standard InChI is InChI=1S/C13H11ClO3/c1-6-4-11-9(5-10(6)14)13(16)12(7(2)15)8(3)17-11/h4-5H,1-3H3. The number of benzene rings is 1. The molecule has 1 heterocycles. The lowest BCUT2D eigenvalue weighted by molar-refractivity contribution is 0.101. The molecular formula is C13H11ClO3. The maximum absolute atomic E-state index is 12.1. The first kappa shape index (κ1) is 11.9. The van der Waals surface area contributed by atoms with Crippen molar-refractivity contribution < 1.29 is 9.21 Å². The zero-order valence-corrected chi connectivity index (χ0v) is 10.5. The Kier molecular flexibility index (Phi) is 2.79. The van der Waals surface area contributed by atoms with Gasteiger partial charge in [0.05, 0.1) is 5.39 Å². The zero-order chi connectivity index (χ0) is 12.7. The second-order valence-corrected chi connectivity index (χ2v) is 4.42. The monoisotopic (exact) mass is 250 g/mol. The first-order valence-corrected chi connectivity index (χ1v) is 5.54. The fourth-order valence-corrected chi connectivity index (χ4v) is 2.00. The van der Waals surface area contributed by atoms with Gasteiger partial charge in [0.15, 0.2) is 5.78 Å². The van der Waals surface area contributed by atoms with Gasteiger partial charge in [-0.1, -0.05) is 11.6 Å². The quantitative estimate of drug-likeness (QED) is 0.730. The summed E-state index contributed by atoms with van der Waals surface area (Å²) in [6.45, 7) is 4.79. The molecule has 0 spiro atoms. The van der Waals surface area contributed by atoms with E-state index in [1.807, 2.05) is 6.92 Å². The van der Waals surface area contributed by atoms with Crippen molar-refractivity contribution in [3.63, 3.8) is 0 Å². The number of hydrogen-bond acceptors (Lipinski definition) is 3. The Labute approximate surface area is 103 Å². The summed E-state index contributed by atoms with van der Waals surface area (Å²) in [7, 11) is 0. The highest BCUT2D eigenvalue weighted by Gasteiger charge is 2.15. The van der Waals surface area contributed by atoms with Crippen LogP contribution in [0.2, 0.25) is 5.02 Å². The van der Waals surface area contributed by atoms with Gasteiger partial charge in [-0.25, -0.2) is 0 Å². The summed E-state index contributed by atoms with van der Waals surface area (Å²) in [6, 6.07) is 3.25. The van der Waals surface area contributed by atoms with Crippen LogP contribution in [0.25, 0.3) is 11.0 Å². The van der Waals surface area contributed by atoms with E-state index in [0.717, 1.165) is 5.56 Å². The van der Waals surface area contributed by atoms with E-state index in [1.165, 1.54) is 6.92 Å². The molecule has 0 atom stereocenters. The second kappa shape index (κ2) is 4.00. The van der Waals surface area contributed by atoms with Gasteiger partial charge in [0.2, 0.25) is 5.43 Å². The third kappa shape index (κ3) is 1.87. The highest BCUT2D eigenvalue weighted by Crippen LogP contribution is 2.23. The second-order valence-electron chi connectivity index (χ2n) is 4.02. The van der Waals surface area contributed by atoms with Crippen LogP contribution in [0.1, 0.15) is 28.6 Å². The molecule has 88 valence electrons. The van der Waals surface area contributed by atoms with Crippen molar-refractivity contribution in [1.29, 1.82) is 0 Å². The molecule has 4 heteroatoms. The van der Waals surface area contributed by atoms with Crippen molar-refractivity contribution >= 4 is 28.4 Å². The lowest BCUT2D eigenvalue weighted by atomic mass is 10.1. The van der Waals surface area contributed by atoms with Crippen LogP contribution in [0.15, 0.2) is 21.3 Å². The van der Waals surface area contributed by atoms with E-state index in [4.69, 9.17) is 16.0 Å². The highest BCUT2D eigenvalue weighted by atomic mass is 35.5. The molecule has 0 unspecified atom stereocenters. The Morgan fingerprint density at radius 3 is 2.53 bits per heavy atom. The number of hydrogen-bond donors (Lipinski definition) is 0. The van der Waals surface area contributed by atoms with Gasteiger partial charge < -0.3 is 4.42 Å². The number of aryl methyl sites for hydroxylation is 2. The Balaban J connectivity index is 2.98. The van der Waals surface area contributed by atoms with E-state index >= 15 is 0 Å². The third-order valence-electron chi connectivity index (χ3n) is 2.70. The molecule has 0 bridgehead atoms. The van der Waals surface area contributed by atoms with Crippen LogP contribution in [-0.2, 0) is 0 Å². The molecule has 0 fully saturated rings. The number of fused-ring (bicyclic) bond motifs is 1. The maximum atomic E-state index is 12.1. The molecule has 0 aliphatic rings. The lowest BCUT2D eigenvalue weighted by Gasteiger charge is -2.05. The summed E-state index contributed by atoms with van der Waals surface area (Å²) in [4.78, 5) is 23.5. The fraction of sp³-hybridized carbons (Fsp3) is 0.231. The van der Waals surface area contributed by atoms with Crippen LogP contribution in [0.5, 0.6) is 0 Å². The summed E-state index contributed by atoms with van der Waals surface area (Å²) < 4.78 is 5.49. The predicted molar refractivity (Wildman–Crippen MR) is 67.0 cm³/mol. The first-order chi connectivity index (χ1) is 7.91. The number of ketones is 1. The van der Waals surface area contributed by atoms with Crippen molar-refractivity contribution in [2.75, 3.05) is 0 Å². The molecule has 1 aromatic carbocycles. The van der Waals surface area contributed by atoms with Crippen LogP contribution in [0.3, 0.4) is 0 Å². The van der Waals surface area contributed by atoms with Crippen LogP contribution in [0, 0.1) is 13.8 Å². The van der Waals surface area contributed by atoms with E-state index in [0.29, 0.717) is 21.8 Å². The number of rotatable bonds is 1. The molecular weight excluding hydrogens is 240 g/mol. The van der Waals surface area contributed by atoms with Crippen LogP contribution >= 0.6 is 11.6 Å². The van der Waals surface area contributed by atoms with Crippen molar-refractivity contribution in [2.24, 2.45) is 0 Å². The summed E-state index contributed by atoms with van der Waals surface area (Å²) in [5, 5.41) is 0.833. The van der Waals surface area contributed by atoms with E-state index in [-0.39, 0.29) is 16.8 Å². The molecule has 2 aromatic rings. The minimum atomic E-state index is -0.321. The molecule has 3 nitrogen and oxygen atoms in total.